The van der Waals surface area contributed by atoms with E-state index >= 15 is 0 Å². The standard InChI is InChI=1S/C10H6Cl3NOS2/c11-6-3-1-2-5(7(6)12)4-14-9-8(13)10(15)17-16-9/h1-3,14H,4H2. The maximum atomic E-state index is 11.2. The molecular formula is C10H6Cl3NOS2. The highest BCUT2D eigenvalue weighted by Crippen LogP contribution is 2.30. The van der Waals surface area contributed by atoms with Crippen LogP contribution < -0.4 is 10.1 Å². The molecule has 1 aromatic heterocycles. The van der Waals surface area contributed by atoms with Crippen LogP contribution >= 0.6 is 55.5 Å². The first-order chi connectivity index (χ1) is 8.09. The zero-order chi connectivity index (χ0) is 12.4. The maximum Gasteiger partial charge on any atom is 0.263 e. The Hall–Kier alpha value is -0.260. The van der Waals surface area contributed by atoms with Crippen LogP contribution in [-0.4, -0.2) is 0 Å². The molecule has 1 N–H and O–H groups in total. The van der Waals surface area contributed by atoms with Crippen molar-refractivity contribution in [2.24, 2.45) is 0 Å². The zero-order valence-corrected chi connectivity index (χ0v) is 12.2. The van der Waals surface area contributed by atoms with Gasteiger partial charge in [-0.1, -0.05) is 57.3 Å². The Balaban J connectivity index is 2.15. The molecule has 0 atom stereocenters. The van der Waals surface area contributed by atoms with Crippen LogP contribution in [0.15, 0.2) is 23.0 Å². The molecule has 0 spiro atoms. The number of anilines is 1. The second-order valence-electron chi connectivity index (χ2n) is 3.16. The van der Waals surface area contributed by atoms with Crippen molar-refractivity contribution >= 4 is 60.5 Å². The molecule has 90 valence electrons. The van der Waals surface area contributed by atoms with Crippen LogP contribution in [0.3, 0.4) is 0 Å². The van der Waals surface area contributed by atoms with Gasteiger partial charge in [0.2, 0.25) is 0 Å². The van der Waals surface area contributed by atoms with Crippen molar-refractivity contribution in [2.45, 2.75) is 6.54 Å². The van der Waals surface area contributed by atoms with Crippen molar-refractivity contribution in [3.05, 3.63) is 48.4 Å². The van der Waals surface area contributed by atoms with Crippen molar-refractivity contribution in [2.75, 3.05) is 5.32 Å². The fraction of sp³-hybridized carbons (Fsp3) is 0.100. The molecule has 0 radical (unpaired) electrons. The van der Waals surface area contributed by atoms with Crippen molar-refractivity contribution < 1.29 is 0 Å². The van der Waals surface area contributed by atoms with Crippen LogP contribution in [0, 0.1) is 0 Å². The van der Waals surface area contributed by atoms with Crippen LogP contribution in [-0.2, 0) is 6.54 Å². The summed E-state index contributed by atoms with van der Waals surface area (Å²) in [4.78, 5) is 11.2. The lowest BCUT2D eigenvalue weighted by Crippen LogP contribution is -2.00. The summed E-state index contributed by atoms with van der Waals surface area (Å²) >= 11 is 17.8. The van der Waals surface area contributed by atoms with Crippen molar-refractivity contribution in [3.63, 3.8) is 0 Å². The highest BCUT2D eigenvalue weighted by Gasteiger charge is 2.09. The van der Waals surface area contributed by atoms with Gasteiger partial charge < -0.3 is 5.32 Å². The third-order valence-electron chi connectivity index (χ3n) is 2.05. The van der Waals surface area contributed by atoms with Gasteiger partial charge in [-0.2, -0.15) is 0 Å². The van der Waals surface area contributed by atoms with Crippen molar-refractivity contribution in [1.82, 2.24) is 0 Å². The number of rotatable bonds is 3. The van der Waals surface area contributed by atoms with Gasteiger partial charge in [-0.3, -0.25) is 4.79 Å². The average molecular weight is 327 g/mol. The maximum absolute atomic E-state index is 11.2. The molecular weight excluding hydrogens is 321 g/mol. The van der Waals surface area contributed by atoms with E-state index in [2.05, 4.69) is 5.32 Å². The molecule has 2 rings (SSSR count). The quantitative estimate of drug-likeness (QED) is 0.825. The SMILES string of the molecule is O=c1ssc(NCc2cccc(Cl)c2Cl)c1Cl. The summed E-state index contributed by atoms with van der Waals surface area (Å²) < 4.78 is -0.128. The smallest absolute Gasteiger partial charge is 0.263 e. The third-order valence-corrected chi connectivity index (χ3v) is 5.65. The molecule has 1 aromatic carbocycles. The lowest BCUT2D eigenvalue weighted by Gasteiger charge is -2.07. The Morgan fingerprint density at radius 3 is 2.53 bits per heavy atom. The molecule has 0 fully saturated rings. The number of benzene rings is 1. The molecule has 0 saturated heterocycles. The molecule has 7 heteroatoms. The minimum Gasteiger partial charge on any atom is -0.371 e. The Morgan fingerprint density at radius 2 is 1.88 bits per heavy atom. The monoisotopic (exact) mass is 325 g/mol. The number of hydrogen-bond acceptors (Lipinski definition) is 4. The molecule has 0 saturated carbocycles. The number of halogens is 3. The second-order valence-corrected chi connectivity index (χ2v) is 6.44. The predicted molar refractivity (Wildman–Crippen MR) is 77.3 cm³/mol. The first kappa shape index (κ1) is 13.2. The van der Waals surface area contributed by atoms with Crippen molar-refractivity contribution in [3.8, 4) is 0 Å². The molecule has 0 aliphatic carbocycles. The topological polar surface area (TPSA) is 29.1 Å². The second kappa shape index (κ2) is 5.59. The summed E-state index contributed by atoms with van der Waals surface area (Å²) in [5.41, 5.74) is 0.862. The van der Waals surface area contributed by atoms with Gasteiger partial charge in [0.05, 0.1) is 10.0 Å². The fourth-order valence-electron chi connectivity index (χ4n) is 1.21. The molecule has 2 nitrogen and oxygen atoms in total. The van der Waals surface area contributed by atoms with Gasteiger partial charge in [0.25, 0.3) is 4.74 Å². The highest BCUT2D eigenvalue weighted by molar-refractivity contribution is 7.70. The third kappa shape index (κ3) is 2.95. The normalized spacial score (nSPS) is 10.5. The van der Waals surface area contributed by atoms with E-state index in [-0.39, 0.29) is 9.77 Å². The first-order valence-corrected chi connectivity index (χ1v) is 7.83. The summed E-state index contributed by atoms with van der Waals surface area (Å²) in [6, 6.07) is 5.41. The van der Waals surface area contributed by atoms with Gasteiger partial charge in [-0.25, -0.2) is 0 Å². The molecule has 0 aliphatic rings. The van der Waals surface area contributed by atoms with Gasteiger partial charge >= 0.3 is 0 Å². The predicted octanol–water partition coefficient (Wildman–Crippen LogP) is 4.74. The molecule has 0 aliphatic heterocycles. The summed E-state index contributed by atoms with van der Waals surface area (Å²) in [6.07, 6.45) is 0. The molecule has 1 heterocycles. The number of hydrogen-bond donors (Lipinski definition) is 1. The highest BCUT2D eigenvalue weighted by atomic mass is 35.5. The van der Waals surface area contributed by atoms with Gasteiger partial charge in [-0.15, -0.1) is 0 Å². The fourth-order valence-corrected chi connectivity index (χ4v) is 4.02. The van der Waals surface area contributed by atoms with Gasteiger partial charge in [-0.05, 0) is 22.0 Å². The number of nitrogens with one attached hydrogen (secondary N) is 1. The van der Waals surface area contributed by atoms with Gasteiger partial charge in [0.1, 0.15) is 10.0 Å². The Kier molecular flexibility index (Phi) is 4.33. The van der Waals surface area contributed by atoms with E-state index in [1.807, 2.05) is 12.1 Å². The lowest BCUT2D eigenvalue weighted by molar-refractivity contribution is 1.16. The summed E-state index contributed by atoms with van der Waals surface area (Å²) in [6.45, 7) is 0.478. The van der Waals surface area contributed by atoms with Crippen LogP contribution in [0.2, 0.25) is 15.1 Å². The van der Waals surface area contributed by atoms with E-state index in [1.165, 1.54) is 10.3 Å². The van der Waals surface area contributed by atoms with E-state index in [9.17, 15) is 4.79 Å². The van der Waals surface area contributed by atoms with E-state index < -0.39 is 0 Å². The largest absolute Gasteiger partial charge is 0.371 e. The van der Waals surface area contributed by atoms with Crippen LogP contribution in [0.1, 0.15) is 5.56 Å². The molecule has 2 aromatic rings. The minimum atomic E-state index is -0.128. The van der Waals surface area contributed by atoms with Gasteiger partial charge in [0.15, 0.2) is 0 Å². The van der Waals surface area contributed by atoms with E-state index in [0.29, 0.717) is 21.6 Å². The van der Waals surface area contributed by atoms with Crippen LogP contribution in [0.4, 0.5) is 5.00 Å². The van der Waals surface area contributed by atoms with Crippen molar-refractivity contribution in [1.29, 1.82) is 0 Å². The Morgan fingerprint density at radius 1 is 1.12 bits per heavy atom. The van der Waals surface area contributed by atoms with Crippen LogP contribution in [0.5, 0.6) is 0 Å². The summed E-state index contributed by atoms with van der Waals surface area (Å²) in [7, 11) is 2.42. The lowest BCUT2D eigenvalue weighted by atomic mass is 10.2. The zero-order valence-electron chi connectivity index (χ0n) is 8.30. The molecule has 17 heavy (non-hydrogen) atoms. The first-order valence-electron chi connectivity index (χ1n) is 4.55. The summed E-state index contributed by atoms with van der Waals surface area (Å²) in [5, 5.41) is 4.99. The minimum absolute atomic E-state index is 0.128. The van der Waals surface area contributed by atoms with E-state index in [4.69, 9.17) is 34.8 Å². The molecule has 0 unspecified atom stereocenters. The van der Waals surface area contributed by atoms with E-state index in [0.717, 1.165) is 15.9 Å². The summed E-state index contributed by atoms with van der Waals surface area (Å²) in [5.74, 6) is 0. The van der Waals surface area contributed by atoms with E-state index in [1.54, 1.807) is 6.07 Å². The van der Waals surface area contributed by atoms with Gasteiger partial charge in [0, 0.05) is 6.54 Å². The van der Waals surface area contributed by atoms with Crippen LogP contribution in [0.25, 0.3) is 0 Å². The Labute approximate surface area is 120 Å². The molecule has 0 bridgehead atoms. The molecule has 0 amide bonds. The average Bonchev–Trinajstić information content (AvgIpc) is 2.62. The Bertz CT molecular complexity index is 593.